The number of fused-ring (bicyclic) bond motifs is 1. The van der Waals surface area contributed by atoms with Gasteiger partial charge in [0.05, 0.1) is 12.5 Å². The minimum atomic E-state index is -0.922. The molecule has 0 saturated carbocycles. The largest absolute Gasteiger partial charge is 0.484 e. The number of rotatable bonds is 6. The Labute approximate surface area is 162 Å². The van der Waals surface area contributed by atoms with E-state index in [9.17, 15) is 14.4 Å². The Morgan fingerprint density at radius 3 is 2.76 bits per heavy atom. The minimum absolute atomic E-state index is 0.0752. The third kappa shape index (κ3) is 4.02. The van der Waals surface area contributed by atoms with Crippen LogP contribution in [0.15, 0.2) is 30.3 Å². The molecule has 0 aliphatic carbocycles. The Kier molecular flexibility index (Phi) is 5.72. The van der Waals surface area contributed by atoms with E-state index in [1.165, 1.54) is 0 Å². The quantitative estimate of drug-likeness (QED) is 0.363. The van der Waals surface area contributed by atoms with Gasteiger partial charge in [0.15, 0.2) is 6.61 Å². The lowest BCUT2D eigenvalue weighted by Gasteiger charge is -2.54. The predicted molar refractivity (Wildman–Crippen MR) is 101 cm³/mol. The summed E-state index contributed by atoms with van der Waals surface area (Å²) in [4.78, 5) is 37.1. The molecule has 4 atom stereocenters. The van der Waals surface area contributed by atoms with Crippen LogP contribution in [0.2, 0.25) is 0 Å². The van der Waals surface area contributed by atoms with E-state index in [2.05, 4.69) is 27.9 Å². The van der Waals surface area contributed by atoms with Crippen LogP contribution < -0.4 is 10.1 Å². The molecule has 2 fully saturated rings. The predicted octanol–water partition coefficient (Wildman–Crippen LogP) is 1.11. The highest BCUT2D eigenvalue weighted by molar-refractivity contribution is 14.1. The molecular weight excluding hydrogens is 459 g/mol. The Balaban J connectivity index is 1.55. The molecule has 0 bridgehead atoms. The maximum Gasteiger partial charge on any atom is 0.305 e. The lowest BCUT2D eigenvalue weighted by atomic mass is 9.99. The Morgan fingerprint density at radius 1 is 1.36 bits per heavy atom. The number of carboxylic acid groups (broad SMARTS) is 1. The van der Waals surface area contributed by atoms with Crippen LogP contribution in [0.25, 0.3) is 0 Å². The van der Waals surface area contributed by atoms with Gasteiger partial charge in [-0.3, -0.25) is 14.4 Å². The second-order valence-corrected chi connectivity index (χ2v) is 8.55. The van der Waals surface area contributed by atoms with Gasteiger partial charge in [-0.05, 0) is 12.1 Å². The summed E-state index contributed by atoms with van der Waals surface area (Å²) in [5.41, 5.74) is 0. The van der Waals surface area contributed by atoms with Crippen molar-refractivity contribution in [2.24, 2.45) is 0 Å². The zero-order valence-corrected chi connectivity index (χ0v) is 16.1. The van der Waals surface area contributed by atoms with Crippen molar-refractivity contribution in [3.05, 3.63) is 30.3 Å². The number of halogens is 1. The van der Waals surface area contributed by atoms with E-state index in [1.807, 2.05) is 18.2 Å². The highest BCUT2D eigenvalue weighted by atomic mass is 127. The molecule has 9 heteroatoms. The fourth-order valence-electron chi connectivity index (χ4n) is 2.91. The number of para-hydroxylation sites is 1. The Morgan fingerprint density at radius 2 is 2.08 bits per heavy atom. The van der Waals surface area contributed by atoms with E-state index in [-0.39, 0.29) is 40.2 Å². The Bertz CT molecular complexity index is 674. The molecule has 25 heavy (non-hydrogen) atoms. The number of nitrogens with one attached hydrogen (secondary N) is 1. The maximum absolute atomic E-state index is 12.4. The van der Waals surface area contributed by atoms with Crippen molar-refractivity contribution in [1.29, 1.82) is 0 Å². The number of nitrogens with zero attached hydrogens (tertiary/aromatic N) is 1. The lowest BCUT2D eigenvalue weighted by Crippen LogP contribution is -2.75. The monoisotopic (exact) mass is 476 g/mol. The second-order valence-electron chi connectivity index (χ2n) is 5.80. The van der Waals surface area contributed by atoms with Crippen molar-refractivity contribution in [3.63, 3.8) is 0 Å². The Hall–Kier alpha value is -1.49. The van der Waals surface area contributed by atoms with E-state index in [0.29, 0.717) is 5.75 Å². The number of hydrogen-bond acceptors (Lipinski definition) is 5. The normalized spacial score (nSPS) is 27.9. The topological polar surface area (TPSA) is 95.9 Å². The molecule has 2 amide bonds. The van der Waals surface area contributed by atoms with E-state index in [1.54, 1.807) is 28.8 Å². The van der Waals surface area contributed by atoms with Crippen molar-refractivity contribution < 1.29 is 24.2 Å². The summed E-state index contributed by atoms with van der Waals surface area (Å²) in [5.74, 6) is -0.179. The first-order valence-electron chi connectivity index (χ1n) is 7.74. The third-order valence-corrected chi connectivity index (χ3v) is 7.35. The molecule has 2 heterocycles. The van der Waals surface area contributed by atoms with Gasteiger partial charge in [0, 0.05) is 9.68 Å². The van der Waals surface area contributed by atoms with Crippen LogP contribution in [0, 0.1) is 0 Å². The number of hydrogen-bond donors (Lipinski definition) is 2. The SMILES string of the molecule is O=C(O)C[C@H]1[C@H](I)CS[C@H]2[C@H](NC(=O)COc3ccccc3)C(=O)N12. The molecule has 0 radical (unpaired) electrons. The van der Waals surface area contributed by atoms with Gasteiger partial charge >= 0.3 is 5.97 Å². The van der Waals surface area contributed by atoms with E-state index >= 15 is 0 Å². The van der Waals surface area contributed by atoms with Gasteiger partial charge in [-0.2, -0.15) is 0 Å². The summed E-state index contributed by atoms with van der Waals surface area (Å²) in [6.45, 7) is -0.168. The highest BCUT2D eigenvalue weighted by Crippen LogP contribution is 2.41. The van der Waals surface area contributed by atoms with Crippen LogP contribution >= 0.6 is 34.4 Å². The average Bonchev–Trinajstić information content (AvgIpc) is 2.60. The van der Waals surface area contributed by atoms with Gasteiger partial charge in [-0.1, -0.05) is 40.8 Å². The summed E-state index contributed by atoms with van der Waals surface area (Å²) in [7, 11) is 0. The standard InChI is InChI=1S/C16H17IN2O5S/c17-10-8-25-16-14(15(23)19(16)11(10)6-13(21)22)18-12(20)7-24-9-4-2-1-3-5-9/h1-5,10-11,14,16H,6-8H2,(H,18,20)(H,21,22)/t10-,11+,14-,16+/m1/s1. The van der Waals surface area contributed by atoms with Gasteiger partial charge in [-0.25, -0.2) is 0 Å². The molecule has 1 aromatic rings. The van der Waals surface area contributed by atoms with Crippen LogP contribution in [-0.2, 0) is 14.4 Å². The van der Waals surface area contributed by atoms with Gasteiger partial charge < -0.3 is 20.1 Å². The minimum Gasteiger partial charge on any atom is -0.484 e. The van der Waals surface area contributed by atoms with Gasteiger partial charge in [0.1, 0.15) is 17.2 Å². The van der Waals surface area contributed by atoms with Crippen LogP contribution in [0.1, 0.15) is 6.42 Å². The fourth-order valence-corrected chi connectivity index (χ4v) is 5.53. The molecule has 2 N–H and O–H groups in total. The number of benzene rings is 1. The third-order valence-electron chi connectivity index (χ3n) is 4.09. The summed E-state index contributed by atoms with van der Waals surface area (Å²) in [6, 6.07) is 8.02. The first kappa shape index (κ1) is 18.3. The highest BCUT2D eigenvalue weighted by Gasteiger charge is 2.55. The van der Waals surface area contributed by atoms with Gasteiger partial charge in [0.2, 0.25) is 5.91 Å². The zero-order chi connectivity index (χ0) is 18.0. The van der Waals surface area contributed by atoms with Crippen molar-refractivity contribution in [2.75, 3.05) is 12.4 Å². The molecule has 2 aliphatic heterocycles. The number of alkyl halides is 1. The van der Waals surface area contributed by atoms with Crippen LogP contribution in [0.5, 0.6) is 5.75 Å². The van der Waals surface area contributed by atoms with Crippen molar-refractivity contribution in [1.82, 2.24) is 10.2 Å². The molecule has 7 nitrogen and oxygen atoms in total. The average molecular weight is 476 g/mol. The molecule has 0 aromatic heterocycles. The summed E-state index contributed by atoms with van der Waals surface area (Å²) in [5, 5.41) is 11.5. The summed E-state index contributed by atoms with van der Waals surface area (Å²) in [6.07, 6.45) is -0.0752. The molecule has 0 unspecified atom stereocenters. The lowest BCUT2D eigenvalue weighted by molar-refractivity contribution is -0.154. The van der Waals surface area contributed by atoms with Gasteiger partial charge in [0.25, 0.3) is 5.91 Å². The molecule has 3 rings (SSSR count). The van der Waals surface area contributed by atoms with Crippen LogP contribution in [0.4, 0.5) is 0 Å². The number of carbonyl (C=O) groups excluding carboxylic acids is 2. The molecule has 1 aromatic carbocycles. The van der Waals surface area contributed by atoms with E-state index in [4.69, 9.17) is 9.84 Å². The molecule has 134 valence electrons. The summed E-state index contributed by atoms with van der Waals surface area (Å²) < 4.78 is 5.46. The number of ether oxygens (including phenoxy) is 1. The first-order chi connectivity index (χ1) is 12.0. The smallest absolute Gasteiger partial charge is 0.305 e. The fraction of sp³-hybridized carbons (Fsp3) is 0.438. The van der Waals surface area contributed by atoms with E-state index < -0.39 is 12.0 Å². The van der Waals surface area contributed by atoms with Crippen molar-refractivity contribution >= 4 is 52.1 Å². The second kappa shape index (κ2) is 7.81. The number of β-lactam (4-membered cyclic amide) rings is 1. The van der Waals surface area contributed by atoms with Crippen LogP contribution in [0.3, 0.4) is 0 Å². The van der Waals surface area contributed by atoms with Crippen molar-refractivity contribution in [2.45, 2.75) is 27.8 Å². The number of aliphatic carboxylic acids is 1. The maximum atomic E-state index is 12.4. The molecular formula is C16H17IN2O5S. The molecule has 2 saturated heterocycles. The van der Waals surface area contributed by atoms with Gasteiger partial charge in [-0.15, -0.1) is 11.8 Å². The van der Waals surface area contributed by atoms with E-state index in [0.717, 1.165) is 5.75 Å². The number of carbonyl (C=O) groups is 3. The molecule has 2 aliphatic rings. The first-order valence-corrected chi connectivity index (χ1v) is 10.0. The summed E-state index contributed by atoms with van der Waals surface area (Å²) >= 11 is 3.76. The number of carboxylic acids is 1. The number of amides is 2. The zero-order valence-electron chi connectivity index (χ0n) is 13.1. The number of thioether (sulfide) groups is 1. The van der Waals surface area contributed by atoms with Crippen molar-refractivity contribution in [3.8, 4) is 5.75 Å². The molecule has 0 spiro atoms. The van der Waals surface area contributed by atoms with Crippen LogP contribution in [-0.4, -0.2) is 61.5 Å².